The second-order valence-electron chi connectivity index (χ2n) is 2.27. The largest absolute Gasteiger partial charge is 0.204 e. The van der Waals surface area contributed by atoms with Gasteiger partial charge in [-0.1, -0.05) is 0 Å². The van der Waals surface area contributed by atoms with Crippen LogP contribution in [0, 0.1) is 22.6 Å². The Morgan fingerprint density at radius 3 is 2.25 bits per heavy atom. The summed E-state index contributed by atoms with van der Waals surface area (Å²) in [7, 11) is 0. The molecule has 0 fully saturated rings. The average molecular weight is 168 g/mol. The summed E-state index contributed by atoms with van der Waals surface area (Å²) in [6.07, 6.45) is 0. The Balaban J connectivity index is 3.36. The van der Waals surface area contributed by atoms with E-state index in [1.165, 1.54) is 6.92 Å². The summed E-state index contributed by atoms with van der Waals surface area (Å²) in [6.45, 7) is 1.52. The first kappa shape index (κ1) is 8.45. The molecule has 0 heterocycles. The van der Waals surface area contributed by atoms with Gasteiger partial charge in [0.1, 0.15) is 11.4 Å². The Hall–Kier alpha value is -1.65. The smallest absolute Gasteiger partial charge is 0.152 e. The number of nitrogens with zero attached hydrogens (tertiary/aromatic N) is 2. The average Bonchev–Trinajstić information content (AvgIpc) is 2.05. The standard InChI is InChI=1S/C7H5FN2O2/c1-4-2-5(8)7(10-12)3-6(4)9-11/h2-3H,1H3. The van der Waals surface area contributed by atoms with E-state index in [4.69, 9.17) is 0 Å². The van der Waals surface area contributed by atoms with Crippen LogP contribution >= 0.6 is 0 Å². The zero-order chi connectivity index (χ0) is 9.14. The molecule has 1 rings (SSSR count). The molecule has 0 saturated heterocycles. The summed E-state index contributed by atoms with van der Waals surface area (Å²) in [5, 5.41) is 5.00. The second kappa shape index (κ2) is 3.17. The molecule has 0 unspecified atom stereocenters. The van der Waals surface area contributed by atoms with Crippen LogP contribution in [0.5, 0.6) is 0 Å². The summed E-state index contributed by atoms with van der Waals surface area (Å²) in [6, 6.07) is 2.07. The molecule has 0 aliphatic heterocycles. The minimum atomic E-state index is -0.741. The van der Waals surface area contributed by atoms with E-state index in [-0.39, 0.29) is 5.69 Å². The maximum absolute atomic E-state index is 12.7. The number of nitroso groups, excluding NO2 is 2. The molecule has 0 aliphatic rings. The zero-order valence-corrected chi connectivity index (χ0v) is 6.24. The van der Waals surface area contributed by atoms with Gasteiger partial charge in [0.2, 0.25) is 0 Å². The van der Waals surface area contributed by atoms with Crippen LogP contribution in [0.25, 0.3) is 0 Å². The minimum Gasteiger partial charge on any atom is -0.204 e. The van der Waals surface area contributed by atoms with Crippen LogP contribution in [0.1, 0.15) is 5.56 Å². The topological polar surface area (TPSA) is 58.9 Å². The van der Waals surface area contributed by atoms with Crippen molar-refractivity contribution in [3.8, 4) is 0 Å². The third-order valence-corrected chi connectivity index (χ3v) is 1.46. The highest BCUT2D eigenvalue weighted by atomic mass is 19.1. The van der Waals surface area contributed by atoms with Crippen molar-refractivity contribution < 1.29 is 4.39 Å². The van der Waals surface area contributed by atoms with Crippen LogP contribution in [0.15, 0.2) is 22.5 Å². The van der Waals surface area contributed by atoms with E-state index in [9.17, 15) is 14.2 Å². The van der Waals surface area contributed by atoms with Gasteiger partial charge < -0.3 is 0 Å². The molecular weight excluding hydrogens is 163 g/mol. The van der Waals surface area contributed by atoms with Gasteiger partial charge in [-0.05, 0) is 35.0 Å². The lowest BCUT2D eigenvalue weighted by Gasteiger charge is -1.97. The summed E-state index contributed by atoms with van der Waals surface area (Å²) < 4.78 is 12.7. The molecule has 0 aromatic heterocycles. The van der Waals surface area contributed by atoms with Gasteiger partial charge in [0.05, 0.1) is 0 Å². The maximum Gasteiger partial charge on any atom is 0.152 e. The van der Waals surface area contributed by atoms with Gasteiger partial charge in [0.25, 0.3) is 0 Å². The zero-order valence-electron chi connectivity index (χ0n) is 6.24. The van der Waals surface area contributed by atoms with E-state index in [1.807, 2.05) is 0 Å². The number of rotatable bonds is 2. The highest BCUT2D eigenvalue weighted by molar-refractivity contribution is 5.55. The first-order chi connectivity index (χ1) is 5.69. The molecule has 0 aliphatic carbocycles. The highest BCUT2D eigenvalue weighted by Gasteiger charge is 2.07. The lowest BCUT2D eigenvalue weighted by Crippen LogP contribution is -1.79. The van der Waals surface area contributed by atoms with Gasteiger partial charge in [-0.3, -0.25) is 0 Å². The van der Waals surface area contributed by atoms with Crippen LogP contribution in [-0.2, 0) is 0 Å². The van der Waals surface area contributed by atoms with Crippen molar-refractivity contribution in [3.63, 3.8) is 0 Å². The third-order valence-electron chi connectivity index (χ3n) is 1.46. The van der Waals surface area contributed by atoms with Gasteiger partial charge in [0.15, 0.2) is 5.82 Å². The Kier molecular flexibility index (Phi) is 2.23. The van der Waals surface area contributed by atoms with E-state index in [1.54, 1.807) is 0 Å². The fourth-order valence-corrected chi connectivity index (χ4v) is 0.819. The molecule has 0 spiro atoms. The normalized spacial score (nSPS) is 9.50. The number of aryl methyl sites for hydroxylation is 1. The SMILES string of the molecule is Cc1cc(F)c(N=O)cc1N=O. The molecule has 0 N–H and O–H groups in total. The molecule has 12 heavy (non-hydrogen) atoms. The van der Waals surface area contributed by atoms with Crippen LogP contribution in [0.4, 0.5) is 15.8 Å². The monoisotopic (exact) mass is 168 g/mol. The van der Waals surface area contributed by atoms with Crippen LogP contribution in [0.2, 0.25) is 0 Å². The minimum absolute atomic E-state index is 0.0333. The molecule has 0 atom stereocenters. The molecule has 1 aromatic carbocycles. The Labute approximate surface area is 67.4 Å². The quantitative estimate of drug-likeness (QED) is 0.637. The van der Waals surface area contributed by atoms with Crippen molar-refractivity contribution in [2.24, 2.45) is 10.4 Å². The van der Waals surface area contributed by atoms with Crippen molar-refractivity contribution in [1.29, 1.82) is 0 Å². The van der Waals surface area contributed by atoms with Gasteiger partial charge in [-0.2, -0.15) is 0 Å². The molecule has 0 bridgehead atoms. The molecule has 0 saturated carbocycles. The summed E-state index contributed by atoms with van der Waals surface area (Å²) >= 11 is 0. The van der Waals surface area contributed by atoms with E-state index in [0.29, 0.717) is 5.56 Å². The molecule has 0 amide bonds. The summed E-state index contributed by atoms with van der Waals surface area (Å²) in [5.41, 5.74) is 0.0242. The predicted octanol–water partition coefficient (Wildman–Crippen LogP) is 2.93. The van der Waals surface area contributed by atoms with Crippen molar-refractivity contribution >= 4 is 11.4 Å². The summed E-state index contributed by atoms with van der Waals surface area (Å²) in [4.78, 5) is 20.1. The van der Waals surface area contributed by atoms with Crippen molar-refractivity contribution in [2.75, 3.05) is 0 Å². The number of benzene rings is 1. The fourth-order valence-electron chi connectivity index (χ4n) is 0.819. The van der Waals surface area contributed by atoms with Gasteiger partial charge in [-0.25, -0.2) is 4.39 Å². The van der Waals surface area contributed by atoms with Gasteiger partial charge in [-0.15, -0.1) is 9.81 Å². The van der Waals surface area contributed by atoms with Crippen LogP contribution in [-0.4, -0.2) is 0 Å². The first-order valence-corrected chi connectivity index (χ1v) is 3.16. The molecular formula is C7H5FN2O2. The van der Waals surface area contributed by atoms with Crippen LogP contribution in [0.3, 0.4) is 0 Å². The van der Waals surface area contributed by atoms with E-state index in [2.05, 4.69) is 10.4 Å². The lowest BCUT2D eigenvalue weighted by atomic mass is 10.2. The number of hydrogen-bond donors (Lipinski definition) is 0. The second-order valence-corrected chi connectivity index (χ2v) is 2.27. The number of halogens is 1. The van der Waals surface area contributed by atoms with E-state index in [0.717, 1.165) is 12.1 Å². The molecule has 4 nitrogen and oxygen atoms in total. The maximum atomic E-state index is 12.7. The first-order valence-electron chi connectivity index (χ1n) is 3.16. The van der Waals surface area contributed by atoms with Crippen molar-refractivity contribution in [3.05, 3.63) is 33.3 Å². The molecule has 62 valence electrons. The van der Waals surface area contributed by atoms with Crippen molar-refractivity contribution in [2.45, 2.75) is 6.92 Å². The molecule has 0 radical (unpaired) electrons. The summed E-state index contributed by atoms with van der Waals surface area (Å²) in [5.74, 6) is -0.741. The molecule has 5 heteroatoms. The lowest BCUT2D eigenvalue weighted by molar-refractivity contribution is 0.628. The van der Waals surface area contributed by atoms with Crippen LogP contribution < -0.4 is 0 Å². The van der Waals surface area contributed by atoms with E-state index < -0.39 is 11.5 Å². The Bertz CT molecular complexity index is 309. The number of hydrogen-bond acceptors (Lipinski definition) is 4. The van der Waals surface area contributed by atoms with Gasteiger partial charge >= 0.3 is 0 Å². The molecule has 1 aromatic rings. The van der Waals surface area contributed by atoms with Crippen molar-refractivity contribution in [1.82, 2.24) is 0 Å². The Morgan fingerprint density at radius 1 is 1.17 bits per heavy atom. The Morgan fingerprint density at radius 2 is 1.75 bits per heavy atom. The third kappa shape index (κ3) is 1.34. The highest BCUT2D eigenvalue weighted by Crippen LogP contribution is 2.27. The van der Waals surface area contributed by atoms with E-state index >= 15 is 0 Å². The predicted molar refractivity (Wildman–Crippen MR) is 42.0 cm³/mol. The fraction of sp³-hybridized carbons (Fsp3) is 0.143. The van der Waals surface area contributed by atoms with Gasteiger partial charge in [0, 0.05) is 0 Å².